The highest BCUT2D eigenvalue weighted by Gasteiger charge is 2.50. The fraction of sp³-hybridized carbons (Fsp3) is 0.529. The van der Waals surface area contributed by atoms with Gasteiger partial charge >= 0.3 is 6.03 Å². The number of hydrogen-bond donors (Lipinski definition) is 1. The van der Waals surface area contributed by atoms with Gasteiger partial charge < -0.3 is 5.32 Å². The Hall–Kier alpha value is -2.27. The predicted octanol–water partition coefficient (Wildman–Crippen LogP) is 4.14. The van der Waals surface area contributed by atoms with Gasteiger partial charge in [0.15, 0.2) is 0 Å². The molecule has 0 spiro atoms. The van der Waals surface area contributed by atoms with Crippen LogP contribution in [0.2, 0.25) is 0 Å². The molecule has 2 unspecified atom stereocenters. The third kappa shape index (κ3) is 3.71. The first-order valence-electron chi connectivity index (χ1n) is 8.00. The van der Waals surface area contributed by atoms with Crippen molar-refractivity contribution in [2.24, 2.45) is 5.92 Å². The van der Waals surface area contributed by atoms with Gasteiger partial charge in [0.25, 0.3) is 5.69 Å². The van der Waals surface area contributed by atoms with E-state index in [0.29, 0.717) is 5.69 Å². The maximum Gasteiger partial charge on any atom is 0.323 e. The number of nitrogens with one attached hydrogen (secondary N) is 1. The summed E-state index contributed by atoms with van der Waals surface area (Å²) < 4.78 is -0.390. The summed E-state index contributed by atoms with van der Waals surface area (Å²) in [6.45, 7) is 9.68. The Morgan fingerprint density at radius 2 is 2.12 bits per heavy atom. The minimum atomic E-state index is -0.580. The monoisotopic (exact) mass is 362 g/mol. The van der Waals surface area contributed by atoms with Gasteiger partial charge in [0, 0.05) is 16.9 Å². The van der Waals surface area contributed by atoms with Crippen molar-refractivity contribution in [3.63, 3.8) is 0 Å². The summed E-state index contributed by atoms with van der Waals surface area (Å²) in [7, 11) is 0. The van der Waals surface area contributed by atoms with Gasteiger partial charge in [0.2, 0.25) is 0 Å². The number of nitro groups is 1. The number of rotatable bonds is 3. The molecule has 134 valence electrons. The number of aryl methyl sites for hydroxylation is 1. The first-order chi connectivity index (χ1) is 11.6. The van der Waals surface area contributed by atoms with Gasteiger partial charge in [-0.05, 0) is 32.3 Å². The van der Waals surface area contributed by atoms with E-state index in [1.165, 1.54) is 12.1 Å². The fourth-order valence-corrected chi connectivity index (χ4v) is 4.38. The molecular formula is C17H22N4O3S. The van der Waals surface area contributed by atoms with E-state index in [2.05, 4.69) is 11.4 Å². The van der Waals surface area contributed by atoms with Crippen molar-refractivity contribution in [1.82, 2.24) is 4.90 Å². The Kier molecular flexibility index (Phi) is 5.28. The molecule has 0 saturated carbocycles. The zero-order valence-electron chi connectivity index (χ0n) is 14.9. The van der Waals surface area contributed by atoms with Crippen molar-refractivity contribution in [2.45, 2.75) is 50.8 Å². The van der Waals surface area contributed by atoms with Crippen LogP contribution in [0, 0.1) is 34.3 Å². The summed E-state index contributed by atoms with van der Waals surface area (Å²) in [5.41, 5.74) is 1.02. The molecular weight excluding hydrogens is 340 g/mol. The first-order valence-corrected chi connectivity index (χ1v) is 8.88. The van der Waals surface area contributed by atoms with Crippen molar-refractivity contribution in [3.05, 3.63) is 33.9 Å². The average molecular weight is 362 g/mol. The van der Waals surface area contributed by atoms with Crippen molar-refractivity contribution in [3.8, 4) is 6.07 Å². The molecule has 0 bridgehead atoms. The highest BCUT2D eigenvalue weighted by Crippen LogP contribution is 2.47. The number of nitriles is 1. The number of benzene rings is 1. The molecule has 2 atom stereocenters. The maximum atomic E-state index is 12.9. The Morgan fingerprint density at radius 3 is 2.64 bits per heavy atom. The van der Waals surface area contributed by atoms with Crippen LogP contribution in [0.15, 0.2) is 18.2 Å². The number of nitro benzene ring substituents is 1. The van der Waals surface area contributed by atoms with Crippen LogP contribution in [-0.4, -0.2) is 32.0 Å². The van der Waals surface area contributed by atoms with Crippen LogP contribution in [-0.2, 0) is 0 Å². The number of thioether (sulfide) groups is 1. The van der Waals surface area contributed by atoms with Gasteiger partial charge in [-0.15, -0.1) is 11.8 Å². The third-order valence-corrected chi connectivity index (χ3v) is 6.08. The lowest BCUT2D eigenvalue weighted by molar-refractivity contribution is -0.384. The van der Waals surface area contributed by atoms with Gasteiger partial charge in [-0.1, -0.05) is 19.9 Å². The molecule has 1 aromatic rings. The quantitative estimate of drug-likeness (QED) is 0.643. The smallest absolute Gasteiger partial charge is 0.307 e. The summed E-state index contributed by atoms with van der Waals surface area (Å²) in [5, 5.41) is 23.2. The van der Waals surface area contributed by atoms with Crippen LogP contribution < -0.4 is 5.32 Å². The molecule has 2 amide bonds. The van der Waals surface area contributed by atoms with Crippen molar-refractivity contribution in [1.29, 1.82) is 5.26 Å². The van der Waals surface area contributed by atoms with E-state index in [9.17, 15) is 20.2 Å². The Balaban J connectivity index is 2.34. The number of urea groups is 1. The lowest BCUT2D eigenvalue weighted by Crippen LogP contribution is -2.48. The molecule has 1 fully saturated rings. The first kappa shape index (κ1) is 19.1. The summed E-state index contributed by atoms with van der Waals surface area (Å²) in [6.07, 6.45) is 0. The number of hydrogen-bond acceptors (Lipinski definition) is 5. The van der Waals surface area contributed by atoms with Crippen molar-refractivity contribution < 1.29 is 9.72 Å². The number of non-ortho nitro benzene ring substituents is 1. The van der Waals surface area contributed by atoms with Crippen LogP contribution in [0.4, 0.5) is 16.2 Å². The molecule has 1 N–H and O–H groups in total. The third-order valence-electron chi connectivity index (χ3n) is 4.24. The van der Waals surface area contributed by atoms with Gasteiger partial charge in [-0.3, -0.25) is 15.0 Å². The lowest BCUT2D eigenvalue weighted by Gasteiger charge is -2.29. The number of anilines is 1. The second-order valence-electron chi connectivity index (χ2n) is 6.98. The summed E-state index contributed by atoms with van der Waals surface area (Å²) in [4.78, 5) is 24.9. The summed E-state index contributed by atoms with van der Waals surface area (Å²) in [6, 6.07) is 5.58. The predicted molar refractivity (Wildman–Crippen MR) is 98.4 cm³/mol. The minimum Gasteiger partial charge on any atom is -0.307 e. The largest absolute Gasteiger partial charge is 0.323 e. The molecule has 1 aliphatic rings. The van der Waals surface area contributed by atoms with Crippen molar-refractivity contribution >= 4 is 29.2 Å². The van der Waals surface area contributed by atoms with Gasteiger partial charge in [-0.2, -0.15) is 5.26 Å². The number of carbonyl (C=O) groups excluding carboxylic acids is 1. The van der Waals surface area contributed by atoms with Crippen LogP contribution >= 0.6 is 11.8 Å². The topological polar surface area (TPSA) is 99.3 Å². The van der Waals surface area contributed by atoms with Gasteiger partial charge in [0.1, 0.15) is 6.04 Å². The number of carbonyl (C=O) groups is 1. The van der Waals surface area contributed by atoms with E-state index >= 15 is 0 Å². The van der Waals surface area contributed by atoms with Crippen LogP contribution in [0.3, 0.4) is 0 Å². The second-order valence-corrected chi connectivity index (χ2v) is 8.75. The normalized spacial score (nSPS) is 21.9. The Morgan fingerprint density at radius 1 is 1.48 bits per heavy atom. The highest BCUT2D eigenvalue weighted by atomic mass is 32.2. The van der Waals surface area contributed by atoms with Gasteiger partial charge in [-0.25, -0.2) is 4.79 Å². The van der Waals surface area contributed by atoms with E-state index in [-0.39, 0.29) is 17.0 Å². The van der Waals surface area contributed by atoms with E-state index in [1.807, 2.05) is 27.7 Å². The average Bonchev–Trinajstić information content (AvgIpc) is 2.80. The zero-order chi connectivity index (χ0) is 18.9. The molecule has 0 aliphatic carbocycles. The van der Waals surface area contributed by atoms with Crippen LogP contribution in [0.1, 0.15) is 33.3 Å². The number of nitrogens with zero attached hydrogens (tertiary/aromatic N) is 3. The van der Waals surface area contributed by atoms with E-state index in [0.717, 1.165) is 5.56 Å². The fourth-order valence-electron chi connectivity index (χ4n) is 2.86. The van der Waals surface area contributed by atoms with E-state index in [4.69, 9.17) is 0 Å². The molecule has 2 rings (SSSR count). The zero-order valence-corrected chi connectivity index (χ0v) is 15.8. The Bertz CT molecular complexity index is 742. The van der Waals surface area contributed by atoms with E-state index < -0.39 is 21.7 Å². The molecule has 25 heavy (non-hydrogen) atoms. The standard InChI is InChI=1S/C17H22N4O3S/c1-10(2)15-20(14(9-18)17(4,5)25-15)16(22)19-13-8-12(21(23)24)7-6-11(13)3/h6-8,10,14-15H,1-5H3,(H,19,22). The summed E-state index contributed by atoms with van der Waals surface area (Å²) >= 11 is 1.60. The summed E-state index contributed by atoms with van der Waals surface area (Å²) in [5.74, 6) is 0.166. The Labute approximate surface area is 151 Å². The molecule has 8 heteroatoms. The minimum absolute atomic E-state index is 0.0886. The second kappa shape index (κ2) is 6.92. The molecule has 1 aliphatic heterocycles. The van der Waals surface area contributed by atoms with Gasteiger partial charge in [0.05, 0.1) is 22.1 Å². The SMILES string of the molecule is Cc1ccc([N+](=O)[O-])cc1NC(=O)N1C(C(C)C)SC(C)(C)C1C#N. The molecule has 0 aromatic heterocycles. The maximum absolute atomic E-state index is 12.9. The highest BCUT2D eigenvalue weighted by molar-refractivity contribution is 8.01. The lowest BCUT2D eigenvalue weighted by atomic mass is 10.0. The molecule has 1 aromatic carbocycles. The molecule has 1 saturated heterocycles. The van der Waals surface area contributed by atoms with Crippen molar-refractivity contribution in [2.75, 3.05) is 5.32 Å². The molecule has 1 heterocycles. The van der Waals surface area contributed by atoms with Crippen LogP contribution in [0.25, 0.3) is 0 Å². The number of amides is 2. The van der Waals surface area contributed by atoms with Crippen LogP contribution in [0.5, 0.6) is 0 Å². The van der Waals surface area contributed by atoms with E-state index in [1.54, 1.807) is 29.7 Å². The molecule has 0 radical (unpaired) electrons. The molecule has 7 nitrogen and oxygen atoms in total.